The minimum atomic E-state index is -0.545. The Morgan fingerprint density at radius 2 is 1.88 bits per heavy atom. The van der Waals surface area contributed by atoms with E-state index < -0.39 is 11.2 Å². The number of hydrogen-bond donors (Lipinski definition) is 0. The van der Waals surface area contributed by atoms with E-state index in [1.807, 2.05) is 0 Å². The van der Waals surface area contributed by atoms with E-state index >= 15 is 0 Å². The van der Waals surface area contributed by atoms with Crippen molar-refractivity contribution < 1.29 is 14.3 Å². The van der Waals surface area contributed by atoms with Gasteiger partial charge in [0, 0.05) is 52.9 Å². The van der Waals surface area contributed by atoms with Crippen molar-refractivity contribution in [1.82, 2.24) is 18.9 Å². The average Bonchev–Trinajstić information content (AvgIpc) is 2.92. The number of piperidine rings is 1. The number of rotatable bonds is 4. The van der Waals surface area contributed by atoms with Crippen LogP contribution in [0.15, 0.2) is 15.7 Å². The van der Waals surface area contributed by atoms with Gasteiger partial charge in [0.25, 0.3) is 11.5 Å². The molecule has 0 saturated carbocycles. The normalized spacial score (nSPS) is 22.7. The van der Waals surface area contributed by atoms with Crippen LogP contribution in [0.3, 0.4) is 0 Å². The fraction of sp³-hybridized carbons (Fsp3) is 0.647. The molecule has 0 radical (unpaired) electrons. The smallest absolute Gasteiger partial charge is 0.331 e. The maximum absolute atomic E-state index is 13.0. The van der Waals surface area contributed by atoms with Crippen LogP contribution in [0.4, 0.5) is 0 Å². The predicted molar refractivity (Wildman–Crippen MR) is 92.9 cm³/mol. The number of amides is 2. The number of aromatic nitrogens is 2. The molecule has 3 saturated heterocycles. The first kappa shape index (κ1) is 18.4. The van der Waals surface area contributed by atoms with Crippen molar-refractivity contribution in [3.05, 3.63) is 32.6 Å². The molecule has 4 heterocycles. The summed E-state index contributed by atoms with van der Waals surface area (Å²) in [5.41, 5.74) is -1.02. The van der Waals surface area contributed by atoms with E-state index in [1.54, 1.807) is 16.9 Å². The molecular weight excluding hydrogens is 340 g/mol. The molecule has 1 aromatic heterocycles. The third-order valence-corrected chi connectivity index (χ3v) is 5.36. The molecule has 0 spiro atoms. The molecular formula is C17H24N4O5. The summed E-state index contributed by atoms with van der Waals surface area (Å²) >= 11 is 0. The van der Waals surface area contributed by atoms with Gasteiger partial charge in [-0.25, -0.2) is 4.79 Å². The number of carbonyl (C=O) groups is 2. The molecule has 0 unspecified atom stereocenters. The average molecular weight is 364 g/mol. The lowest BCUT2D eigenvalue weighted by molar-refractivity contribution is -0.140. The molecule has 0 N–H and O–H groups in total. The van der Waals surface area contributed by atoms with E-state index in [9.17, 15) is 19.2 Å². The van der Waals surface area contributed by atoms with Crippen LogP contribution in [0, 0.1) is 5.92 Å². The molecule has 2 atom stereocenters. The molecule has 142 valence electrons. The SMILES string of the molecule is COCCN1C(=O)[C@H]2CC[C@@H]1CN(C(=O)c1cc(=O)n(C)c(=O)n1C)C2. The van der Waals surface area contributed by atoms with Crippen molar-refractivity contribution in [2.24, 2.45) is 20.0 Å². The van der Waals surface area contributed by atoms with Gasteiger partial charge in [-0.05, 0) is 12.8 Å². The highest BCUT2D eigenvalue weighted by Gasteiger charge is 2.42. The zero-order valence-electron chi connectivity index (χ0n) is 15.3. The van der Waals surface area contributed by atoms with Gasteiger partial charge in [0.2, 0.25) is 5.91 Å². The van der Waals surface area contributed by atoms with Gasteiger partial charge in [-0.1, -0.05) is 0 Å². The fourth-order valence-electron chi connectivity index (χ4n) is 3.79. The highest BCUT2D eigenvalue weighted by atomic mass is 16.5. The molecule has 2 amide bonds. The first-order chi connectivity index (χ1) is 12.3. The molecule has 0 aromatic carbocycles. The lowest BCUT2D eigenvalue weighted by atomic mass is 9.94. The van der Waals surface area contributed by atoms with Crippen LogP contribution in [-0.2, 0) is 23.6 Å². The molecule has 0 aliphatic carbocycles. The summed E-state index contributed by atoms with van der Waals surface area (Å²) < 4.78 is 7.23. The third-order valence-electron chi connectivity index (χ3n) is 5.36. The van der Waals surface area contributed by atoms with E-state index in [-0.39, 0.29) is 29.5 Å². The van der Waals surface area contributed by atoms with Crippen LogP contribution in [0.5, 0.6) is 0 Å². The molecule has 2 bridgehead atoms. The van der Waals surface area contributed by atoms with E-state index in [0.717, 1.165) is 17.4 Å². The highest BCUT2D eigenvalue weighted by Crippen LogP contribution is 2.29. The van der Waals surface area contributed by atoms with E-state index in [1.165, 1.54) is 24.7 Å². The summed E-state index contributed by atoms with van der Waals surface area (Å²) in [6.45, 7) is 1.66. The number of hydrogen-bond acceptors (Lipinski definition) is 5. The Hall–Kier alpha value is -2.42. The van der Waals surface area contributed by atoms with Gasteiger partial charge in [0.15, 0.2) is 0 Å². The second-order valence-corrected chi connectivity index (χ2v) is 6.93. The van der Waals surface area contributed by atoms with Crippen molar-refractivity contribution in [2.75, 3.05) is 33.4 Å². The second kappa shape index (κ2) is 7.06. The van der Waals surface area contributed by atoms with Crippen molar-refractivity contribution >= 4 is 11.8 Å². The maximum atomic E-state index is 13.0. The first-order valence-corrected chi connectivity index (χ1v) is 8.71. The largest absolute Gasteiger partial charge is 0.383 e. The number of ether oxygens (including phenoxy) is 1. The molecule has 1 aromatic rings. The third kappa shape index (κ3) is 3.07. The Morgan fingerprint density at radius 1 is 1.15 bits per heavy atom. The number of methoxy groups -OCH3 is 1. The molecule has 26 heavy (non-hydrogen) atoms. The van der Waals surface area contributed by atoms with E-state index in [0.29, 0.717) is 26.2 Å². The summed E-state index contributed by atoms with van der Waals surface area (Å²) in [7, 11) is 4.43. The molecule has 3 fully saturated rings. The van der Waals surface area contributed by atoms with Crippen molar-refractivity contribution in [1.29, 1.82) is 0 Å². The Morgan fingerprint density at radius 3 is 2.58 bits per heavy atom. The number of fused-ring (bicyclic) bond motifs is 4. The molecule has 3 aliphatic rings. The highest BCUT2D eigenvalue weighted by molar-refractivity contribution is 5.93. The number of nitrogens with zero attached hydrogens (tertiary/aromatic N) is 4. The van der Waals surface area contributed by atoms with Gasteiger partial charge in [-0.3, -0.25) is 23.5 Å². The minimum Gasteiger partial charge on any atom is -0.383 e. The topological polar surface area (TPSA) is 93.8 Å². The van der Waals surface area contributed by atoms with Crippen LogP contribution in [0.1, 0.15) is 23.3 Å². The maximum Gasteiger partial charge on any atom is 0.331 e. The summed E-state index contributed by atoms with van der Waals surface area (Å²) in [5.74, 6) is -0.592. The minimum absolute atomic E-state index is 0.0477. The van der Waals surface area contributed by atoms with E-state index in [4.69, 9.17) is 4.74 Å². The lowest BCUT2D eigenvalue weighted by Crippen LogP contribution is -2.49. The van der Waals surface area contributed by atoms with Crippen LogP contribution in [0.25, 0.3) is 0 Å². The van der Waals surface area contributed by atoms with Crippen molar-refractivity contribution in [3.63, 3.8) is 0 Å². The summed E-state index contributed by atoms with van der Waals surface area (Å²) in [5, 5.41) is 0. The van der Waals surface area contributed by atoms with Crippen LogP contribution in [-0.4, -0.2) is 70.1 Å². The first-order valence-electron chi connectivity index (χ1n) is 8.71. The second-order valence-electron chi connectivity index (χ2n) is 6.93. The van der Waals surface area contributed by atoms with Crippen LogP contribution >= 0.6 is 0 Å². The monoisotopic (exact) mass is 364 g/mol. The van der Waals surface area contributed by atoms with Crippen LogP contribution < -0.4 is 11.2 Å². The van der Waals surface area contributed by atoms with Gasteiger partial charge in [0.05, 0.1) is 12.5 Å². The Bertz CT molecular complexity index is 843. The van der Waals surface area contributed by atoms with Gasteiger partial charge in [-0.2, -0.15) is 0 Å². The van der Waals surface area contributed by atoms with Gasteiger partial charge in [-0.15, -0.1) is 0 Å². The summed E-state index contributed by atoms with van der Waals surface area (Å²) in [6.07, 6.45) is 1.58. The summed E-state index contributed by atoms with van der Waals surface area (Å²) in [6, 6.07) is 1.12. The zero-order chi connectivity index (χ0) is 19.0. The molecule has 3 aliphatic heterocycles. The Labute approximate surface area is 150 Å². The molecule has 9 heteroatoms. The molecule has 9 nitrogen and oxygen atoms in total. The summed E-state index contributed by atoms with van der Waals surface area (Å²) in [4.78, 5) is 53.1. The number of carbonyl (C=O) groups excluding carboxylic acids is 2. The van der Waals surface area contributed by atoms with Gasteiger partial charge in [0.1, 0.15) is 5.69 Å². The van der Waals surface area contributed by atoms with Crippen LogP contribution in [0.2, 0.25) is 0 Å². The Balaban J connectivity index is 1.90. The van der Waals surface area contributed by atoms with Crippen molar-refractivity contribution in [2.45, 2.75) is 18.9 Å². The predicted octanol–water partition coefficient (Wildman–Crippen LogP) is -1.21. The standard InChI is InChI=1S/C17H24N4O5/c1-18-13(8-14(22)19(2)17(18)25)16(24)20-9-11-4-5-12(10-20)21(15(11)23)6-7-26-3/h8,11-12H,4-7,9-10H2,1-3H3/t11-,12+/m0/s1. The quantitative estimate of drug-likeness (QED) is 0.669. The van der Waals surface area contributed by atoms with Gasteiger partial charge >= 0.3 is 5.69 Å². The van der Waals surface area contributed by atoms with Gasteiger partial charge < -0.3 is 14.5 Å². The fourth-order valence-corrected chi connectivity index (χ4v) is 3.79. The zero-order valence-corrected chi connectivity index (χ0v) is 15.3. The van der Waals surface area contributed by atoms with E-state index in [2.05, 4.69) is 0 Å². The Kier molecular flexibility index (Phi) is 4.99. The lowest BCUT2D eigenvalue weighted by Gasteiger charge is -2.35. The molecule has 4 rings (SSSR count). The van der Waals surface area contributed by atoms with Crippen molar-refractivity contribution in [3.8, 4) is 0 Å².